The standard InChI is InChI=1S/C16H21F2N/c17-14-8-12(9-15(18)11-14)10-16(19)13-6-4-2-1-3-5-7-13/h6,8-9,11,16H,1-5,7,10,19H2/b13-6+. The second-order valence-electron chi connectivity index (χ2n) is 5.32. The van der Waals surface area contributed by atoms with Gasteiger partial charge in [0.1, 0.15) is 11.6 Å². The Morgan fingerprint density at radius 3 is 2.42 bits per heavy atom. The Balaban J connectivity index is 2.04. The first kappa shape index (κ1) is 14.2. The van der Waals surface area contributed by atoms with Crippen molar-refractivity contribution in [3.63, 3.8) is 0 Å². The minimum absolute atomic E-state index is 0.126. The third-order valence-corrected chi connectivity index (χ3v) is 3.68. The molecule has 0 radical (unpaired) electrons. The number of halogens is 2. The van der Waals surface area contributed by atoms with Gasteiger partial charge >= 0.3 is 0 Å². The van der Waals surface area contributed by atoms with Crippen molar-refractivity contribution in [3.05, 3.63) is 47.0 Å². The van der Waals surface area contributed by atoms with Crippen molar-refractivity contribution in [1.29, 1.82) is 0 Å². The Hall–Kier alpha value is -1.22. The molecule has 19 heavy (non-hydrogen) atoms. The molecule has 2 rings (SSSR count). The lowest BCUT2D eigenvalue weighted by Gasteiger charge is -2.18. The smallest absolute Gasteiger partial charge is 0.126 e. The topological polar surface area (TPSA) is 26.0 Å². The molecule has 1 aromatic carbocycles. The molecule has 1 aliphatic rings. The molecule has 1 nitrogen and oxygen atoms in total. The van der Waals surface area contributed by atoms with E-state index in [0.717, 1.165) is 25.3 Å². The molecule has 0 spiro atoms. The average Bonchev–Trinajstić information content (AvgIpc) is 2.26. The summed E-state index contributed by atoms with van der Waals surface area (Å²) in [6, 6.07) is 3.50. The van der Waals surface area contributed by atoms with Gasteiger partial charge in [-0.1, -0.05) is 24.5 Å². The molecule has 104 valence electrons. The molecule has 0 amide bonds. The minimum atomic E-state index is -0.533. The summed E-state index contributed by atoms with van der Waals surface area (Å²) in [7, 11) is 0. The summed E-state index contributed by atoms with van der Waals surface area (Å²) in [4.78, 5) is 0. The number of hydrogen-bond donors (Lipinski definition) is 1. The molecule has 0 saturated heterocycles. The number of allylic oxidation sites excluding steroid dienone is 1. The Labute approximate surface area is 113 Å². The molecule has 3 heteroatoms. The molecule has 0 bridgehead atoms. The molecule has 0 heterocycles. The van der Waals surface area contributed by atoms with Crippen molar-refractivity contribution < 1.29 is 8.78 Å². The van der Waals surface area contributed by atoms with Crippen LogP contribution >= 0.6 is 0 Å². The van der Waals surface area contributed by atoms with Crippen LogP contribution in [0.2, 0.25) is 0 Å². The highest BCUT2D eigenvalue weighted by molar-refractivity contribution is 5.22. The first-order chi connectivity index (χ1) is 9.15. The average molecular weight is 265 g/mol. The fraction of sp³-hybridized carbons (Fsp3) is 0.500. The zero-order valence-corrected chi connectivity index (χ0v) is 11.2. The molecule has 0 aliphatic heterocycles. The van der Waals surface area contributed by atoms with E-state index in [0.29, 0.717) is 12.0 Å². The first-order valence-corrected chi connectivity index (χ1v) is 7.04. The van der Waals surface area contributed by atoms with Crippen LogP contribution in [0.1, 0.15) is 44.1 Å². The lowest BCUT2D eigenvalue weighted by Crippen LogP contribution is -2.26. The molecule has 2 N–H and O–H groups in total. The summed E-state index contributed by atoms with van der Waals surface area (Å²) in [5.74, 6) is -1.07. The fourth-order valence-electron chi connectivity index (χ4n) is 2.67. The van der Waals surface area contributed by atoms with E-state index in [2.05, 4.69) is 6.08 Å². The molecule has 0 fully saturated rings. The summed E-state index contributed by atoms with van der Waals surface area (Å²) in [6.45, 7) is 0. The Morgan fingerprint density at radius 2 is 1.68 bits per heavy atom. The Bertz CT molecular complexity index is 434. The van der Waals surface area contributed by atoms with Crippen LogP contribution in [0.15, 0.2) is 29.8 Å². The van der Waals surface area contributed by atoms with Gasteiger partial charge in [0.15, 0.2) is 0 Å². The van der Waals surface area contributed by atoms with E-state index < -0.39 is 11.6 Å². The third kappa shape index (κ3) is 4.43. The van der Waals surface area contributed by atoms with Crippen molar-refractivity contribution in [3.8, 4) is 0 Å². The lowest BCUT2D eigenvalue weighted by molar-refractivity contribution is 0.573. The van der Waals surface area contributed by atoms with E-state index >= 15 is 0 Å². The van der Waals surface area contributed by atoms with Crippen LogP contribution < -0.4 is 5.73 Å². The van der Waals surface area contributed by atoms with Gasteiger partial charge in [-0.05, 0) is 49.8 Å². The van der Waals surface area contributed by atoms with Gasteiger partial charge in [-0.2, -0.15) is 0 Å². The van der Waals surface area contributed by atoms with E-state index in [4.69, 9.17) is 5.73 Å². The zero-order chi connectivity index (χ0) is 13.7. The number of rotatable bonds is 3. The highest BCUT2D eigenvalue weighted by atomic mass is 19.1. The van der Waals surface area contributed by atoms with Crippen molar-refractivity contribution in [2.45, 2.75) is 51.0 Å². The molecule has 1 aromatic rings. The summed E-state index contributed by atoms with van der Waals surface area (Å²) in [5.41, 5.74) is 8.06. The third-order valence-electron chi connectivity index (χ3n) is 3.68. The number of hydrogen-bond acceptors (Lipinski definition) is 1. The highest BCUT2D eigenvalue weighted by Gasteiger charge is 2.12. The van der Waals surface area contributed by atoms with E-state index in [9.17, 15) is 8.78 Å². The maximum atomic E-state index is 13.1. The molecule has 0 saturated carbocycles. The quantitative estimate of drug-likeness (QED) is 0.818. The second kappa shape index (κ2) is 6.80. The van der Waals surface area contributed by atoms with Crippen LogP contribution in [0.3, 0.4) is 0 Å². The monoisotopic (exact) mass is 265 g/mol. The minimum Gasteiger partial charge on any atom is -0.324 e. The van der Waals surface area contributed by atoms with E-state index in [1.807, 2.05) is 0 Å². The molecular formula is C16H21F2N. The summed E-state index contributed by atoms with van der Waals surface area (Å²) >= 11 is 0. The van der Waals surface area contributed by atoms with Crippen molar-refractivity contribution in [1.82, 2.24) is 0 Å². The predicted molar refractivity (Wildman–Crippen MR) is 73.8 cm³/mol. The maximum absolute atomic E-state index is 13.1. The normalized spacial score (nSPS) is 21.1. The van der Waals surface area contributed by atoms with Crippen molar-refractivity contribution in [2.24, 2.45) is 5.73 Å². The van der Waals surface area contributed by atoms with E-state index in [1.165, 1.54) is 37.0 Å². The molecule has 1 aliphatic carbocycles. The largest absolute Gasteiger partial charge is 0.324 e. The maximum Gasteiger partial charge on any atom is 0.126 e. The lowest BCUT2D eigenvalue weighted by atomic mass is 9.92. The number of benzene rings is 1. The Kier molecular flexibility index (Phi) is 5.08. The van der Waals surface area contributed by atoms with Crippen molar-refractivity contribution >= 4 is 0 Å². The molecule has 1 unspecified atom stereocenters. The van der Waals surface area contributed by atoms with E-state index in [-0.39, 0.29) is 6.04 Å². The van der Waals surface area contributed by atoms with Gasteiger partial charge in [0.25, 0.3) is 0 Å². The fourth-order valence-corrected chi connectivity index (χ4v) is 2.67. The van der Waals surface area contributed by atoms with Gasteiger partial charge in [0.2, 0.25) is 0 Å². The van der Waals surface area contributed by atoms with Crippen LogP contribution in [-0.4, -0.2) is 6.04 Å². The van der Waals surface area contributed by atoms with Gasteiger partial charge in [-0.3, -0.25) is 0 Å². The van der Waals surface area contributed by atoms with Crippen LogP contribution in [0.25, 0.3) is 0 Å². The van der Waals surface area contributed by atoms with Gasteiger partial charge in [-0.25, -0.2) is 8.78 Å². The Morgan fingerprint density at radius 1 is 1.00 bits per heavy atom. The van der Waals surface area contributed by atoms with Gasteiger partial charge in [0, 0.05) is 12.1 Å². The number of nitrogens with two attached hydrogens (primary N) is 1. The van der Waals surface area contributed by atoms with Crippen molar-refractivity contribution in [2.75, 3.05) is 0 Å². The first-order valence-electron chi connectivity index (χ1n) is 7.04. The van der Waals surface area contributed by atoms with Gasteiger partial charge < -0.3 is 5.73 Å². The summed E-state index contributed by atoms with van der Waals surface area (Å²) in [6.07, 6.45) is 9.72. The SMILES string of the molecule is NC(Cc1cc(F)cc(F)c1)/C1=C/CCCCCC1. The van der Waals surface area contributed by atoms with Gasteiger partial charge in [-0.15, -0.1) is 0 Å². The molecular weight excluding hydrogens is 244 g/mol. The van der Waals surface area contributed by atoms with Crippen LogP contribution in [-0.2, 0) is 6.42 Å². The zero-order valence-electron chi connectivity index (χ0n) is 11.2. The highest BCUT2D eigenvalue weighted by Crippen LogP contribution is 2.21. The summed E-state index contributed by atoms with van der Waals surface area (Å²) in [5, 5.41) is 0. The van der Waals surface area contributed by atoms with E-state index in [1.54, 1.807) is 0 Å². The summed E-state index contributed by atoms with van der Waals surface area (Å²) < 4.78 is 26.3. The second-order valence-corrected chi connectivity index (χ2v) is 5.32. The predicted octanol–water partition coefficient (Wildman–Crippen LogP) is 4.12. The van der Waals surface area contributed by atoms with Crippen LogP contribution in [0.5, 0.6) is 0 Å². The molecule has 0 aromatic heterocycles. The molecule has 1 atom stereocenters. The van der Waals surface area contributed by atoms with Crippen LogP contribution in [0, 0.1) is 11.6 Å². The van der Waals surface area contributed by atoms with Crippen LogP contribution in [0.4, 0.5) is 8.78 Å². The van der Waals surface area contributed by atoms with Gasteiger partial charge in [0.05, 0.1) is 0 Å².